The lowest BCUT2D eigenvalue weighted by molar-refractivity contribution is -0.157. The molecule has 0 aliphatic carbocycles. The molecule has 16 heavy (non-hydrogen) atoms. The monoisotopic (exact) mass is 237 g/mol. The lowest BCUT2D eigenvalue weighted by atomic mass is 10.2. The van der Waals surface area contributed by atoms with E-state index >= 15 is 0 Å². The van der Waals surface area contributed by atoms with Crippen LogP contribution in [0.4, 0.5) is 13.2 Å². The SMILES string of the molecule is O=C(C=CC(F)(F)F)OC(=O)[C@@H]1CCCN1. The molecule has 0 bridgehead atoms. The largest absolute Gasteiger partial charge is 0.410 e. The zero-order valence-corrected chi connectivity index (χ0v) is 8.21. The van der Waals surface area contributed by atoms with E-state index in [9.17, 15) is 22.8 Å². The van der Waals surface area contributed by atoms with E-state index < -0.39 is 24.2 Å². The molecule has 0 unspecified atom stereocenters. The fourth-order valence-corrected chi connectivity index (χ4v) is 1.25. The summed E-state index contributed by atoms with van der Waals surface area (Å²) < 4.78 is 39.2. The highest BCUT2D eigenvalue weighted by atomic mass is 19.4. The summed E-state index contributed by atoms with van der Waals surface area (Å²) in [6.07, 6.45) is -3.38. The fraction of sp³-hybridized carbons (Fsp3) is 0.556. The van der Waals surface area contributed by atoms with Crippen LogP contribution in [-0.4, -0.2) is 30.7 Å². The molecule has 1 fully saturated rings. The van der Waals surface area contributed by atoms with Gasteiger partial charge < -0.3 is 10.1 Å². The van der Waals surface area contributed by atoms with Crippen molar-refractivity contribution in [1.29, 1.82) is 0 Å². The van der Waals surface area contributed by atoms with Crippen molar-refractivity contribution in [2.75, 3.05) is 6.54 Å². The van der Waals surface area contributed by atoms with Crippen molar-refractivity contribution in [2.24, 2.45) is 0 Å². The third kappa shape index (κ3) is 4.43. The molecule has 0 radical (unpaired) electrons. The molecule has 0 saturated carbocycles. The van der Waals surface area contributed by atoms with Gasteiger partial charge in [-0.25, -0.2) is 9.59 Å². The number of halogens is 3. The van der Waals surface area contributed by atoms with E-state index in [0.717, 1.165) is 6.42 Å². The smallest absolute Gasteiger partial charge is 0.389 e. The highest BCUT2D eigenvalue weighted by Gasteiger charge is 2.26. The van der Waals surface area contributed by atoms with Crippen molar-refractivity contribution in [3.8, 4) is 0 Å². The van der Waals surface area contributed by atoms with Crippen LogP contribution in [0, 0.1) is 0 Å². The molecule has 4 nitrogen and oxygen atoms in total. The molecule has 0 amide bonds. The van der Waals surface area contributed by atoms with Crippen LogP contribution >= 0.6 is 0 Å². The van der Waals surface area contributed by atoms with Crippen LogP contribution < -0.4 is 5.32 Å². The van der Waals surface area contributed by atoms with Gasteiger partial charge in [0.05, 0.1) is 0 Å². The van der Waals surface area contributed by atoms with E-state index in [4.69, 9.17) is 0 Å². The lowest BCUT2D eigenvalue weighted by Crippen LogP contribution is -2.33. The Bertz CT molecular complexity index is 306. The third-order valence-electron chi connectivity index (χ3n) is 1.95. The Kier molecular flexibility index (Phi) is 4.05. The van der Waals surface area contributed by atoms with E-state index in [0.29, 0.717) is 13.0 Å². The second-order valence-electron chi connectivity index (χ2n) is 3.26. The van der Waals surface area contributed by atoms with Crippen LogP contribution in [-0.2, 0) is 14.3 Å². The summed E-state index contributed by atoms with van der Waals surface area (Å²) in [6, 6.07) is -0.594. The Morgan fingerprint density at radius 2 is 2.06 bits per heavy atom. The van der Waals surface area contributed by atoms with Crippen LogP contribution in [0.1, 0.15) is 12.8 Å². The fourth-order valence-electron chi connectivity index (χ4n) is 1.25. The summed E-state index contributed by atoms with van der Waals surface area (Å²) >= 11 is 0. The van der Waals surface area contributed by atoms with Gasteiger partial charge in [-0.3, -0.25) is 0 Å². The van der Waals surface area contributed by atoms with Crippen LogP contribution in [0.3, 0.4) is 0 Å². The van der Waals surface area contributed by atoms with Crippen molar-refractivity contribution in [3.05, 3.63) is 12.2 Å². The number of allylic oxidation sites excluding steroid dienone is 1. The van der Waals surface area contributed by atoms with E-state index in [1.807, 2.05) is 0 Å². The zero-order chi connectivity index (χ0) is 12.2. The van der Waals surface area contributed by atoms with Crippen LogP contribution in [0.2, 0.25) is 0 Å². The summed E-state index contributed by atoms with van der Waals surface area (Å²) in [4.78, 5) is 22.0. The topological polar surface area (TPSA) is 55.4 Å². The van der Waals surface area contributed by atoms with E-state index in [1.54, 1.807) is 0 Å². The van der Waals surface area contributed by atoms with Crippen molar-refractivity contribution in [2.45, 2.75) is 25.1 Å². The zero-order valence-electron chi connectivity index (χ0n) is 8.21. The lowest BCUT2D eigenvalue weighted by Gasteiger charge is -2.06. The minimum absolute atomic E-state index is 0.187. The predicted molar refractivity (Wildman–Crippen MR) is 47.3 cm³/mol. The Balaban J connectivity index is 2.39. The molecule has 1 rings (SSSR count). The maximum atomic E-state index is 11.7. The third-order valence-corrected chi connectivity index (χ3v) is 1.95. The van der Waals surface area contributed by atoms with Gasteiger partial charge >= 0.3 is 18.1 Å². The Labute approximate surface area is 89.4 Å². The minimum Gasteiger partial charge on any atom is -0.389 e. The number of nitrogens with one attached hydrogen (secondary N) is 1. The van der Waals surface area contributed by atoms with Gasteiger partial charge in [0.25, 0.3) is 0 Å². The predicted octanol–water partition coefficient (Wildman–Crippen LogP) is 0.927. The van der Waals surface area contributed by atoms with Gasteiger partial charge in [-0.15, -0.1) is 0 Å². The van der Waals surface area contributed by atoms with Crippen molar-refractivity contribution in [1.82, 2.24) is 5.32 Å². The van der Waals surface area contributed by atoms with Gasteiger partial charge in [-0.2, -0.15) is 13.2 Å². The summed E-state index contributed by atoms with van der Waals surface area (Å²) in [5.74, 6) is -2.15. The van der Waals surface area contributed by atoms with Crippen molar-refractivity contribution >= 4 is 11.9 Å². The molecule has 1 heterocycles. The van der Waals surface area contributed by atoms with Crippen molar-refractivity contribution in [3.63, 3.8) is 0 Å². The first-order chi connectivity index (χ1) is 7.38. The number of alkyl halides is 3. The Morgan fingerprint density at radius 1 is 1.38 bits per heavy atom. The molecule has 1 N–H and O–H groups in total. The van der Waals surface area contributed by atoms with E-state index in [-0.39, 0.29) is 12.2 Å². The number of carbonyl (C=O) groups is 2. The molecule has 0 spiro atoms. The number of hydrogen-bond donors (Lipinski definition) is 1. The Hall–Kier alpha value is -1.37. The molecule has 1 aliphatic rings. The average molecular weight is 237 g/mol. The van der Waals surface area contributed by atoms with Gasteiger partial charge in [-0.05, 0) is 19.4 Å². The number of carbonyl (C=O) groups excluding carboxylic acids is 2. The van der Waals surface area contributed by atoms with Gasteiger partial charge in [-0.1, -0.05) is 0 Å². The average Bonchev–Trinajstić information content (AvgIpc) is 2.66. The normalized spacial score (nSPS) is 21.3. The first kappa shape index (κ1) is 12.7. The summed E-state index contributed by atoms with van der Waals surface area (Å²) in [5, 5.41) is 2.76. The molecule has 7 heteroatoms. The van der Waals surface area contributed by atoms with E-state index in [1.165, 1.54) is 0 Å². The standard InChI is InChI=1S/C9H10F3NO3/c10-9(11,12)4-3-7(14)16-8(15)6-2-1-5-13-6/h3-4,6,13H,1-2,5H2/t6-/m0/s1. The van der Waals surface area contributed by atoms with Crippen LogP contribution in [0.15, 0.2) is 12.2 Å². The summed E-state index contributed by atoms with van der Waals surface area (Å²) in [7, 11) is 0. The highest BCUT2D eigenvalue weighted by Crippen LogP contribution is 2.16. The number of ether oxygens (including phenoxy) is 1. The van der Waals surface area contributed by atoms with Gasteiger partial charge in [0, 0.05) is 12.2 Å². The van der Waals surface area contributed by atoms with Crippen LogP contribution in [0.25, 0.3) is 0 Å². The van der Waals surface area contributed by atoms with Gasteiger partial charge in [0.1, 0.15) is 6.04 Å². The molecule has 1 atom stereocenters. The molecule has 90 valence electrons. The molecule has 1 saturated heterocycles. The van der Waals surface area contributed by atoms with Crippen molar-refractivity contribution < 1.29 is 27.5 Å². The highest BCUT2D eigenvalue weighted by molar-refractivity contribution is 5.94. The summed E-state index contributed by atoms with van der Waals surface area (Å²) in [6.45, 7) is 0.631. The second-order valence-corrected chi connectivity index (χ2v) is 3.26. The summed E-state index contributed by atoms with van der Waals surface area (Å²) in [5.41, 5.74) is 0. The molecule has 1 aliphatic heterocycles. The first-order valence-corrected chi connectivity index (χ1v) is 4.63. The van der Waals surface area contributed by atoms with Crippen LogP contribution in [0.5, 0.6) is 0 Å². The maximum Gasteiger partial charge on any atom is 0.410 e. The number of hydrogen-bond acceptors (Lipinski definition) is 4. The van der Waals surface area contributed by atoms with Gasteiger partial charge in [0.15, 0.2) is 0 Å². The molecule has 0 aromatic carbocycles. The quantitative estimate of drug-likeness (QED) is 0.441. The minimum atomic E-state index is -4.59. The first-order valence-electron chi connectivity index (χ1n) is 4.63. The number of esters is 2. The Morgan fingerprint density at radius 3 is 2.56 bits per heavy atom. The van der Waals surface area contributed by atoms with E-state index in [2.05, 4.69) is 10.1 Å². The molecular formula is C9H10F3NO3. The molecular weight excluding hydrogens is 227 g/mol. The van der Waals surface area contributed by atoms with Gasteiger partial charge in [0.2, 0.25) is 0 Å². The molecule has 0 aromatic heterocycles. The number of rotatable bonds is 2. The second kappa shape index (κ2) is 5.11. The molecule has 0 aromatic rings. The maximum absolute atomic E-state index is 11.7.